The number of amides is 2. The number of hydrogen-bond acceptors (Lipinski definition) is 5. The maximum absolute atomic E-state index is 14.4. The van der Waals surface area contributed by atoms with Crippen LogP contribution in [0.4, 0.5) is 10.1 Å². The standard InChI is InChI=1S/C26H20ClFN4O4S/c1-37(35,36)17-10-8-16(9-11-17)32-24-19(23(31-32)25(29)33)12-6-14-5-7-15(13-20(14)24)30-26(34)18-3-2-4-21(27)22(18)28/h2-5,7-11,13H,6,12H2,1H3,(H2,29,33)(H,30,34). The van der Waals surface area contributed by atoms with Gasteiger partial charge in [-0.3, -0.25) is 9.59 Å². The zero-order chi connectivity index (χ0) is 26.5. The predicted molar refractivity (Wildman–Crippen MR) is 137 cm³/mol. The molecule has 5 rings (SSSR count). The largest absolute Gasteiger partial charge is 0.364 e. The smallest absolute Gasteiger partial charge is 0.269 e. The first-order valence-electron chi connectivity index (χ1n) is 11.2. The lowest BCUT2D eigenvalue weighted by atomic mass is 9.88. The number of anilines is 1. The minimum atomic E-state index is -3.40. The minimum absolute atomic E-state index is 0.114. The molecule has 0 saturated carbocycles. The molecule has 1 aliphatic rings. The van der Waals surface area contributed by atoms with E-state index < -0.39 is 27.5 Å². The van der Waals surface area contributed by atoms with Crippen molar-refractivity contribution >= 4 is 38.9 Å². The van der Waals surface area contributed by atoms with E-state index in [4.69, 9.17) is 17.3 Å². The number of nitrogens with two attached hydrogens (primary N) is 1. The van der Waals surface area contributed by atoms with Crippen molar-refractivity contribution in [2.75, 3.05) is 11.6 Å². The Morgan fingerprint density at radius 3 is 2.49 bits per heavy atom. The summed E-state index contributed by atoms with van der Waals surface area (Å²) < 4.78 is 39.7. The molecule has 1 heterocycles. The van der Waals surface area contributed by atoms with Crippen molar-refractivity contribution < 1.29 is 22.4 Å². The summed E-state index contributed by atoms with van der Waals surface area (Å²) in [6, 6.07) is 15.6. The van der Waals surface area contributed by atoms with E-state index in [1.165, 1.54) is 30.3 Å². The fourth-order valence-corrected chi connectivity index (χ4v) is 5.22. The summed E-state index contributed by atoms with van der Waals surface area (Å²) in [6.07, 6.45) is 2.24. The summed E-state index contributed by atoms with van der Waals surface area (Å²) in [4.78, 5) is 25.1. The van der Waals surface area contributed by atoms with E-state index in [1.807, 2.05) is 6.07 Å². The molecule has 0 atom stereocenters. The average molecular weight is 539 g/mol. The summed E-state index contributed by atoms with van der Waals surface area (Å²) in [5.74, 6) is -2.17. The van der Waals surface area contributed by atoms with E-state index in [1.54, 1.807) is 28.9 Å². The Hall–Kier alpha value is -4.02. The molecule has 37 heavy (non-hydrogen) atoms. The summed E-state index contributed by atoms with van der Waals surface area (Å²) in [6.45, 7) is 0. The van der Waals surface area contributed by atoms with E-state index in [0.717, 1.165) is 11.8 Å². The van der Waals surface area contributed by atoms with E-state index in [2.05, 4.69) is 10.4 Å². The maximum atomic E-state index is 14.4. The van der Waals surface area contributed by atoms with Crippen LogP contribution in [0.2, 0.25) is 5.02 Å². The van der Waals surface area contributed by atoms with E-state index in [9.17, 15) is 22.4 Å². The Bertz CT molecular complexity index is 1700. The number of aryl methyl sites for hydroxylation is 1. The first kappa shape index (κ1) is 24.7. The first-order valence-corrected chi connectivity index (χ1v) is 13.4. The van der Waals surface area contributed by atoms with Gasteiger partial charge in [-0.15, -0.1) is 0 Å². The number of primary amides is 1. The molecule has 3 N–H and O–H groups in total. The lowest BCUT2D eigenvalue weighted by Gasteiger charge is -2.20. The second-order valence-electron chi connectivity index (χ2n) is 8.65. The van der Waals surface area contributed by atoms with Gasteiger partial charge in [-0.2, -0.15) is 5.10 Å². The van der Waals surface area contributed by atoms with Gasteiger partial charge >= 0.3 is 0 Å². The van der Waals surface area contributed by atoms with Gasteiger partial charge in [0.25, 0.3) is 11.8 Å². The highest BCUT2D eigenvalue weighted by atomic mass is 35.5. The highest BCUT2D eigenvalue weighted by Crippen LogP contribution is 2.38. The fraction of sp³-hybridized carbons (Fsp3) is 0.115. The molecular weight excluding hydrogens is 519 g/mol. The molecule has 0 radical (unpaired) electrons. The minimum Gasteiger partial charge on any atom is -0.364 e. The molecule has 0 bridgehead atoms. The monoisotopic (exact) mass is 538 g/mol. The Morgan fingerprint density at radius 2 is 1.81 bits per heavy atom. The van der Waals surface area contributed by atoms with Crippen LogP contribution in [0, 0.1) is 5.82 Å². The molecule has 0 aliphatic heterocycles. The van der Waals surface area contributed by atoms with Crippen LogP contribution in [0.3, 0.4) is 0 Å². The zero-order valence-corrected chi connectivity index (χ0v) is 21.0. The molecule has 0 unspecified atom stereocenters. The van der Waals surface area contributed by atoms with Crippen LogP contribution in [-0.4, -0.2) is 36.3 Å². The zero-order valence-electron chi connectivity index (χ0n) is 19.5. The Balaban J connectivity index is 1.60. The third-order valence-corrected chi connectivity index (χ3v) is 7.61. The number of fused-ring (bicyclic) bond motifs is 3. The number of carbonyl (C=O) groups excluding carboxylic acids is 2. The van der Waals surface area contributed by atoms with Crippen molar-refractivity contribution in [3.05, 3.63) is 93.9 Å². The van der Waals surface area contributed by atoms with Gasteiger partial charge in [-0.05, 0) is 66.9 Å². The maximum Gasteiger partial charge on any atom is 0.269 e. The number of hydrogen-bond donors (Lipinski definition) is 2. The van der Waals surface area contributed by atoms with E-state index >= 15 is 0 Å². The summed E-state index contributed by atoms with van der Waals surface area (Å²) in [5.41, 5.74) is 9.37. The molecule has 0 saturated heterocycles. The van der Waals surface area contributed by atoms with Gasteiger partial charge in [0.15, 0.2) is 21.3 Å². The van der Waals surface area contributed by atoms with Gasteiger partial charge in [0.2, 0.25) is 0 Å². The topological polar surface area (TPSA) is 124 Å². The van der Waals surface area contributed by atoms with Crippen LogP contribution < -0.4 is 11.1 Å². The number of rotatable bonds is 5. The van der Waals surface area contributed by atoms with Crippen molar-refractivity contribution in [2.45, 2.75) is 17.7 Å². The Labute approximate surface area is 216 Å². The van der Waals surface area contributed by atoms with Gasteiger partial charge in [0.05, 0.1) is 26.9 Å². The van der Waals surface area contributed by atoms with Gasteiger partial charge in [-0.1, -0.05) is 23.7 Å². The first-order chi connectivity index (χ1) is 17.5. The molecular formula is C26H20ClFN4O4S. The van der Waals surface area contributed by atoms with E-state index in [-0.39, 0.29) is 21.2 Å². The van der Waals surface area contributed by atoms with Crippen LogP contribution in [0.1, 0.15) is 32.0 Å². The molecule has 1 aromatic heterocycles. The number of halogens is 2. The second-order valence-corrected chi connectivity index (χ2v) is 11.1. The SMILES string of the molecule is CS(=O)(=O)c1ccc(-n2nc(C(N)=O)c3c2-c2cc(NC(=O)c4cccc(Cl)c4F)ccc2CC3)cc1. The predicted octanol–water partition coefficient (Wildman–Crippen LogP) is 4.19. The van der Waals surface area contributed by atoms with Gasteiger partial charge < -0.3 is 11.1 Å². The van der Waals surface area contributed by atoms with Crippen molar-refractivity contribution in [3.63, 3.8) is 0 Å². The number of carbonyl (C=O) groups is 2. The Kier molecular flexibility index (Phi) is 6.09. The third kappa shape index (κ3) is 4.49. The molecule has 0 fully saturated rings. The Morgan fingerprint density at radius 1 is 1.08 bits per heavy atom. The fourth-order valence-electron chi connectivity index (χ4n) is 4.41. The van der Waals surface area contributed by atoms with Crippen LogP contribution in [0.15, 0.2) is 65.6 Å². The molecule has 1 aliphatic carbocycles. The number of nitrogens with zero attached hydrogens (tertiary/aromatic N) is 2. The highest BCUT2D eigenvalue weighted by Gasteiger charge is 2.28. The summed E-state index contributed by atoms with van der Waals surface area (Å²) in [5, 5.41) is 6.99. The third-order valence-electron chi connectivity index (χ3n) is 6.19. The molecule has 3 aromatic carbocycles. The molecule has 11 heteroatoms. The van der Waals surface area contributed by atoms with Gasteiger partial charge in [-0.25, -0.2) is 17.5 Å². The van der Waals surface area contributed by atoms with Gasteiger partial charge in [0, 0.05) is 23.1 Å². The van der Waals surface area contributed by atoms with Gasteiger partial charge in [0.1, 0.15) is 0 Å². The molecule has 2 amide bonds. The average Bonchev–Trinajstić information content (AvgIpc) is 3.26. The summed E-state index contributed by atoms with van der Waals surface area (Å²) in [7, 11) is -3.40. The second kappa shape index (κ2) is 9.13. The number of sulfone groups is 1. The normalized spacial score (nSPS) is 12.5. The number of benzene rings is 3. The molecule has 188 valence electrons. The summed E-state index contributed by atoms with van der Waals surface area (Å²) >= 11 is 5.81. The van der Waals surface area contributed by atoms with Crippen molar-refractivity contribution in [1.82, 2.24) is 9.78 Å². The van der Waals surface area contributed by atoms with Crippen LogP contribution >= 0.6 is 11.6 Å². The number of aromatic nitrogens is 2. The lowest BCUT2D eigenvalue weighted by molar-refractivity contribution is 0.0991. The van der Waals surface area contributed by atoms with Crippen molar-refractivity contribution in [1.29, 1.82) is 0 Å². The quantitative estimate of drug-likeness (QED) is 0.394. The van der Waals surface area contributed by atoms with Crippen LogP contribution in [0.25, 0.3) is 16.9 Å². The van der Waals surface area contributed by atoms with Crippen LogP contribution in [0.5, 0.6) is 0 Å². The molecule has 8 nitrogen and oxygen atoms in total. The molecule has 4 aromatic rings. The highest BCUT2D eigenvalue weighted by molar-refractivity contribution is 7.90. The lowest BCUT2D eigenvalue weighted by Crippen LogP contribution is -2.16. The number of nitrogens with one attached hydrogen (secondary N) is 1. The van der Waals surface area contributed by atoms with Crippen molar-refractivity contribution in [2.24, 2.45) is 5.73 Å². The molecule has 0 spiro atoms. The van der Waals surface area contributed by atoms with Crippen LogP contribution in [-0.2, 0) is 22.7 Å². The van der Waals surface area contributed by atoms with Crippen molar-refractivity contribution in [3.8, 4) is 16.9 Å². The van der Waals surface area contributed by atoms with E-state index in [0.29, 0.717) is 41.0 Å².